The number of hydrogen-bond donors (Lipinski definition) is 0. The van der Waals surface area contributed by atoms with Crippen molar-refractivity contribution < 1.29 is 4.43 Å². The summed E-state index contributed by atoms with van der Waals surface area (Å²) >= 11 is 0. The minimum atomic E-state index is -1.45. The quantitative estimate of drug-likeness (QED) is 0.683. The van der Waals surface area contributed by atoms with Crippen LogP contribution < -0.4 is 0 Å². The molecule has 0 aliphatic carbocycles. The average molecular weight is 222 g/mol. The summed E-state index contributed by atoms with van der Waals surface area (Å²) in [5, 5.41) is 0. The zero-order valence-electron chi connectivity index (χ0n) is 10.3. The lowest BCUT2D eigenvalue weighted by Crippen LogP contribution is -2.31. The highest BCUT2D eigenvalue weighted by atomic mass is 28.4. The minimum Gasteiger partial charge on any atom is -0.418 e. The van der Waals surface area contributed by atoms with E-state index in [-0.39, 0.29) is 0 Å². The van der Waals surface area contributed by atoms with Gasteiger partial charge in [0.2, 0.25) is 0 Å². The van der Waals surface area contributed by atoms with Crippen molar-refractivity contribution in [2.75, 3.05) is 6.61 Å². The molecule has 2 heteroatoms. The molecular weight excluding hydrogens is 200 g/mol. The number of rotatable bonds is 5. The standard InChI is InChI=1S/C13H22OSi/c1-5-14-15(3,4)11-12(2)13-9-7-6-8-10-13/h6-10,12H,5,11H2,1-4H3. The van der Waals surface area contributed by atoms with Crippen LogP contribution in [0.4, 0.5) is 0 Å². The van der Waals surface area contributed by atoms with Crippen molar-refractivity contribution in [3.8, 4) is 0 Å². The zero-order chi connectivity index (χ0) is 11.3. The summed E-state index contributed by atoms with van der Waals surface area (Å²) in [7, 11) is -1.45. The molecule has 0 aliphatic heterocycles. The molecule has 1 aromatic rings. The van der Waals surface area contributed by atoms with E-state index in [1.807, 2.05) is 0 Å². The van der Waals surface area contributed by atoms with E-state index >= 15 is 0 Å². The fraction of sp³-hybridized carbons (Fsp3) is 0.538. The second-order valence-corrected chi connectivity index (χ2v) is 8.92. The molecule has 0 N–H and O–H groups in total. The second kappa shape index (κ2) is 5.47. The molecule has 0 saturated carbocycles. The molecule has 0 fully saturated rings. The number of benzene rings is 1. The van der Waals surface area contributed by atoms with Gasteiger partial charge in [0.05, 0.1) is 0 Å². The third-order valence-electron chi connectivity index (χ3n) is 2.70. The molecule has 15 heavy (non-hydrogen) atoms. The molecule has 0 saturated heterocycles. The Morgan fingerprint density at radius 3 is 2.33 bits per heavy atom. The van der Waals surface area contributed by atoms with Crippen molar-refractivity contribution in [1.82, 2.24) is 0 Å². The molecular formula is C13H22OSi. The van der Waals surface area contributed by atoms with Crippen LogP contribution >= 0.6 is 0 Å². The Kier molecular flexibility index (Phi) is 4.55. The van der Waals surface area contributed by atoms with Crippen molar-refractivity contribution in [2.45, 2.75) is 38.9 Å². The lowest BCUT2D eigenvalue weighted by Gasteiger charge is -2.25. The Labute approximate surface area is 94.6 Å². The van der Waals surface area contributed by atoms with Crippen LogP contribution in [0.1, 0.15) is 25.3 Å². The van der Waals surface area contributed by atoms with Gasteiger partial charge in [-0.2, -0.15) is 0 Å². The summed E-state index contributed by atoms with van der Waals surface area (Å²) in [5.41, 5.74) is 1.43. The highest BCUT2D eigenvalue weighted by Crippen LogP contribution is 2.26. The van der Waals surface area contributed by atoms with Crippen LogP contribution in [0.2, 0.25) is 19.1 Å². The van der Waals surface area contributed by atoms with Gasteiger partial charge >= 0.3 is 0 Å². The third kappa shape index (κ3) is 4.18. The van der Waals surface area contributed by atoms with Gasteiger partial charge in [0.1, 0.15) is 0 Å². The van der Waals surface area contributed by atoms with Gasteiger partial charge in [-0.15, -0.1) is 0 Å². The third-order valence-corrected chi connectivity index (χ3v) is 5.37. The van der Waals surface area contributed by atoms with Crippen LogP contribution in [0.25, 0.3) is 0 Å². The van der Waals surface area contributed by atoms with Gasteiger partial charge in [0.25, 0.3) is 0 Å². The Morgan fingerprint density at radius 1 is 1.20 bits per heavy atom. The molecule has 1 rings (SSSR count). The highest BCUT2D eigenvalue weighted by Gasteiger charge is 2.25. The summed E-state index contributed by atoms with van der Waals surface area (Å²) < 4.78 is 5.86. The first kappa shape index (κ1) is 12.5. The minimum absolute atomic E-state index is 0.611. The maximum absolute atomic E-state index is 5.86. The fourth-order valence-electron chi connectivity index (χ4n) is 2.09. The molecule has 1 nitrogen and oxygen atoms in total. The van der Waals surface area contributed by atoms with Gasteiger partial charge in [0.15, 0.2) is 8.32 Å². The topological polar surface area (TPSA) is 9.23 Å². The van der Waals surface area contributed by atoms with Gasteiger partial charge in [0, 0.05) is 6.61 Å². The molecule has 0 spiro atoms. The number of hydrogen-bond acceptors (Lipinski definition) is 1. The molecule has 0 radical (unpaired) electrons. The molecule has 1 unspecified atom stereocenters. The van der Waals surface area contributed by atoms with Gasteiger partial charge in [-0.3, -0.25) is 0 Å². The van der Waals surface area contributed by atoms with E-state index in [0.29, 0.717) is 5.92 Å². The SMILES string of the molecule is CCO[Si](C)(C)CC(C)c1ccccc1. The van der Waals surface area contributed by atoms with Crippen molar-refractivity contribution in [3.05, 3.63) is 35.9 Å². The fourth-order valence-corrected chi connectivity index (χ4v) is 4.70. The normalized spacial score (nSPS) is 13.9. The molecule has 0 heterocycles. The molecule has 0 aliphatic rings. The maximum Gasteiger partial charge on any atom is 0.187 e. The second-order valence-electron chi connectivity index (χ2n) is 4.71. The summed E-state index contributed by atoms with van der Waals surface area (Å²) in [4.78, 5) is 0. The molecule has 84 valence electrons. The van der Waals surface area contributed by atoms with E-state index in [0.717, 1.165) is 6.61 Å². The summed E-state index contributed by atoms with van der Waals surface area (Å²) in [6.45, 7) is 9.83. The Hall–Kier alpha value is -0.603. The predicted molar refractivity (Wildman–Crippen MR) is 68.8 cm³/mol. The van der Waals surface area contributed by atoms with Gasteiger partial charge in [-0.25, -0.2) is 0 Å². The smallest absolute Gasteiger partial charge is 0.187 e. The Bertz CT molecular complexity index is 282. The monoisotopic (exact) mass is 222 g/mol. The average Bonchev–Trinajstić information content (AvgIpc) is 2.18. The lowest BCUT2D eigenvalue weighted by atomic mass is 10.0. The van der Waals surface area contributed by atoms with Crippen LogP contribution in [0, 0.1) is 0 Å². The first-order valence-electron chi connectivity index (χ1n) is 5.74. The first-order chi connectivity index (χ1) is 7.05. The van der Waals surface area contributed by atoms with Crippen LogP contribution in [0.15, 0.2) is 30.3 Å². The molecule has 0 bridgehead atoms. The molecule has 0 aromatic heterocycles. The van der Waals surface area contributed by atoms with Gasteiger partial charge < -0.3 is 4.43 Å². The van der Waals surface area contributed by atoms with Crippen molar-refractivity contribution in [1.29, 1.82) is 0 Å². The van der Waals surface area contributed by atoms with Gasteiger partial charge in [-0.1, -0.05) is 37.3 Å². The zero-order valence-corrected chi connectivity index (χ0v) is 11.3. The molecule has 1 atom stereocenters. The van der Waals surface area contributed by atoms with Crippen molar-refractivity contribution in [2.24, 2.45) is 0 Å². The Balaban J connectivity index is 2.59. The van der Waals surface area contributed by atoms with E-state index in [4.69, 9.17) is 4.43 Å². The van der Waals surface area contributed by atoms with Crippen LogP contribution in [0.3, 0.4) is 0 Å². The molecule has 1 aromatic carbocycles. The van der Waals surface area contributed by atoms with Crippen LogP contribution in [0.5, 0.6) is 0 Å². The predicted octanol–water partition coefficient (Wildman–Crippen LogP) is 4.03. The van der Waals surface area contributed by atoms with E-state index in [1.54, 1.807) is 0 Å². The summed E-state index contributed by atoms with van der Waals surface area (Å²) in [6.07, 6.45) is 0. The highest BCUT2D eigenvalue weighted by molar-refractivity contribution is 6.71. The lowest BCUT2D eigenvalue weighted by molar-refractivity contribution is 0.327. The van der Waals surface area contributed by atoms with E-state index in [2.05, 4.69) is 57.3 Å². The van der Waals surface area contributed by atoms with Crippen molar-refractivity contribution >= 4 is 8.32 Å². The maximum atomic E-state index is 5.86. The van der Waals surface area contributed by atoms with Crippen molar-refractivity contribution in [3.63, 3.8) is 0 Å². The summed E-state index contributed by atoms with van der Waals surface area (Å²) in [5.74, 6) is 0.611. The van der Waals surface area contributed by atoms with E-state index in [1.165, 1.54) is 11.6 Å². The summed E-state index contributed by atoms with van der Waals surface area (Å²) in [6, 6.07) is 11.9. The van der Waals surface area contributed by atoms with Crippen LogP contribution in [-0.2, 0) is 4.43 Å². The first-order valence-corrected chi connectivity index (χ1v) is 8.85. The van der Waals surface area contributed by atoms with E-state index < -0.39 is 8.32 Å². The largest absolute Gasteiger partial charge is 0.418 e. The van der Waals surface area contributed by atoms with Gasteiger partial charge in [-0.05, 0) is 37.5 Å². The van der Waals surface area contributed by atoms with Crippen LogP contribution in [-0.4, -0.2) is 14.9 Å². The van der Waals surface area contributed by atoms with E-state index in [9.17, 15) is 0 Å². The Morgan fingerprint density at radius 2 is 1.80 bits per heavy atom. The molecule has 0 amide bonds.